The van der Waals surface area contributed by atoms with Gasteiger partial charge in [-0.1, -0.05) is 12.8 Å². The lowest BCUT2D eigenvalue weighted by Crippen LogP contribution is -2.36. The van der Waals surface area contributed by atoms with E-state index < -0.39 is 17.9 Å². The molecule has 1 aliphatic heterocycles. The van der Waals surface area contributed by atoms with Crippen LogP contribution in [0.1, 0.15) is 61.3 Å². The third-order valence-electron chi connectivity index (χ3n) is 6.94. The number of esters is 1. The van der Waals surface area contributed by atoms with Crippen molar-refractivity contribution in [2.24, 2.45) is 0 Å². The van der Waals surface area contributed by atoms with Crippen molar-refractivity contribution in [2.45, 2.75) is 67.2 Å². The fourth-order valence-electron chi connectivity index (χ4n) is 4.95. The van der Waals surface area contributed by atoms with Crippen molar-refractivity contribution in [1.29, 1.82) is 0 Å². The van der Waals surface area contributed by atoms with Crippen molar-refractivity contribution in [3.63, 3.8) is 0 Å². The molecule has 37 heavy (non-hydrogen) atoms. The highest BCUT2D eigenvalue weighted by Crippen LogP contribution is 2.35. The number of carbonyl (C=O) groups is 2. The molecule has 1 amide bonds. The van der Waals surface area contributed by atoms with Gasteiger partial charge < -0.3 is 14.8 Å². The molecule has 2 aliphatic rings. The number of methoxy groups -OCH3 is 1. The van der Waals surface area contributed by atoms with Crippen molar-refractivity contribution in [3.05, 3.63) is 58.8 Å². The molecule has 2 fully saturated rings. The van der Waals surface area contributed by atoms with E-state index in [1.165, 1.54) is 62.0 Å². The molecule has 3 heterocycles. The monoisotopic (exact) mass is 522 g/mol. The molecule has 1 saturated carbocycles. The molecule has 5 rings (SSSR count). The number of ether oxygens (including phenoxy) is 2. The van der Waals surface area contributed by atoms with E-state index in [1.54, 1.807) is 0 Å². The van der Waals surface area contributed by atoms with Gasteiger partial charge in [0.1, 0.15) is 11.9 Å². The van der Waals surface area contributed by atoms with E-state index in [2.05, 4.69) is 20.0 Å². The van der Waals surface area contributed by atoms with Gasteiger partial charge in [-0.25, -0.2) is 14.8 Å². The molecule has 10 heteroatoms. The van der Waals surface area contributed by atoms with Crippen LogP contribution in [0.25, 0.3) is 10.9 Å². The Morgan fingerprint density at radius 1 is 1.16 bits per heavy atom. The number of benzene rings is 1. The molecule has 1 saturated heterocycles. The second-order valence-corrected chi connectivity index (χ2v) is 10.8. The Labute approximate surface area is 219 Å². The zero-order valence-electron chi connectivity index (χ0n) is 20.7. The molecule has 2 atom stereocenters. The second-order valence-electron chi connectivity index (χ2n) is 9.46. The van der Waals surface area contributed by atoms with E-state index in [4.69, 9.17) is 4.74 Å². The largest absolute Gasteiger partial charge is 0.465 e. The number of fused-ring (bicyclic) bond motifs is 1. The Kier molecular flexibility index (Phi) is 7.85. The highest BCUT2D eigenvalue weighted by Gasteiger charge is 2.29. The minimum Gasteiger partial charge on any atom is -0.465 e. The fraction of sp³-hybridized carbons (Fsp3) is 0.444. The number of pyridine rings is 1. The maximum atomic E-state index is 13.5. The Bertz CT molecular complexity index is 1330. The summed E-state index contributed by atoms with van der Waals surface area (Å²) in [6.45, 7) is 0.641. The summed E-state index contributed by atoms with van der Waals surface area (Å²) in [6, 6.07) is 7.97. The van der Waals surface area contributed by atoms with Crippen molar-refractivity contribution in [2.75, 3.05) is 19.0 Å². The van der Waals surface area contributed by atoms with Gasteiger partial charge in [-0.2, -0.15) is 0 Å². The Morgan fingerprint density at radius 3 is 2.70 bits per heavy atom. The van der Waals surface area contributed by atoms with Crippen molar-refractivity contribution in [1.82, 2.24) is 14.5 Å². The van der Waals surface area contributed by atoms with Crippen LogP contribution in [0.15, 0.2) is 52.5 Å². The summed E-state index contributed by atoms with van der Waals surface area (Å²) in [5, 5.41) is 3.87. The van der Waals surface area contributed by atoms with E-state index in [-0.39, 0.29) is 23.0 Å². The standard InChI is InChI=1S/C27H30N4O5S/c1-35-27(34)17-8-11-24(28-15-17)30-25(32)23(13-18-5-4-12-36-18)31-16-29-22-14-20(9-10-21(22)26(31)33)37-19-6-2-3-7-19/h8-11,14-16,18-19,23H,2-7,12-13H2,1H3,(H,28,30,32). The van der Waals surface area contributed by atoms with Gasteiger partial charge in [-0.05, 0) is 56.0 Å². The van der Waals surface area contributed by atoms with Gasteiger partial charge in [-0.15, -0.1) is 11.8 Å². The number of anilines is 1. The number of amides is 1. The van der Waals surface area contributed by atoms with E-state index >= 15 is 0 Å². The summed E-state index contributed by atoms with van der Waals surface area (Å²) in [5.74, 6) is -0.643. The number of nitrogens with zero attached hydrogens (tertiary/aromatic N) is 3. The third-order valence-corrected chi connectivity index (χ3v) is 8.28. The van der Waals surface area contributed by atoms with Gasteiger partial charge in [0.25, 0.3) is 5.56 Å². The van der Waals surface area contributed by atoms with Gasteiger partial charge in [0, 0.05) is 29.4 Å². The highest BCUT2D eigenvalue weighted by atomic mass is 32.2. The number of nitrogens with one attached hydrogen (secondary N) is 1. The van der Waals surface area contributed by atoms with E-state index in [0.717, 1.165) is 17.7 Å². The molecule has 0 bridgehead atoms. The lowest BCUT2D eigenvalue weighted by Gasteiger charge is -2.22. The minimum absolute atomic E-state index is 0.127. The van der Waals surface area contributed by atoms with Crippen LogP contribution in [0.4, 0.5) is 5.82 Å². The summed E-state index contributed by atoms with van der Waals surface area (Å²) >= 11 is 1.85. The molecule has 1 aliphatic carbocycles. The predicted octanol–water partition coefficient (Wildman–Crippen LogP) is 4.36. The summed E-state index contributed by atoms with van der Waals surface area (Å²) in [6.07, 6.45) is 9.74. The minimum atomic E-state index is -0.831. The van der Waals surface area contributed by atoms with Crippen molar-refractivity contribution >= 4 is 40.4 Å². The fourth-order valence-corrected chi connectivity index (χ4v) is 6.23. The molecule has 2 unspecified atom stereocenters. The Morgan fingerprint density at radius 2 is 2.00 bits per heavy atom. The van der Waals surface area contributed by atoms with Gasteiger partial charge in [-0.3, -0.25) is 14.2 Å². The molecule has 194 valence electrons. The number of carbonyl (C=O) groups excluding carboxylic acids is 2. The molecule has 1 aromatic carbocycles. The normalized spacial score (nSPS) is 18.7. The molecule has 0 spiro atoms. The zero-order valence-corrected chi connectivity index (χ0v) is 21.5. The SMILES string of the molecule is COC(=O)c1ccc(NC(=O)C(CC2CCCO2)n2cnc3cc(SC4CCCC4)ccc3c2=O)nc1. The second kappa shape index (κ2) is 11.4. The average molecular weight is 523 g/mol. The first-order valence-corrected chi connectivity index (χ1v) is 13.5. The lowest BCUT2D eigenvalue weighted by atomic mass is 10.1. The van der Waals surface area contributed by atoms with Crippen LogP contribution in [0.3, 0.4) is 0 Å². The summed E-state index contributed by atoms with van der Waals surface area (Å²) < 4.78 is 11.9. The molecular weight excluding hydrogens is 492 g/mol. The smallest absolute Gasteiger partial charge is 0.339 e. The maximum absolute atomic E-state index is 13.5. The Hall–Kier alpha value is -3.24. The first-order chi connectivity index (χ1) is 18.0. The molecule has 2 aromatic heterocycles. The highest BCUT2D eigenvalue weighted by molar-refractivity contribution is 8.00. The summed E-state index contributed by atoms with van der Waals surface area (Å²) in [5.41, 5.74) is 0.631. The zero-order chi connectivity index (χ0) is 25.8. The first-order valence-electron chi connectivity index (χ1n) is 12.7. The van der Waals surface area contributed by atoms with Gasteiger partial charge >= 0.3 is 5.97 Å². The number of hydrogen-bond donors (Lipinski definition) is 1. The van der Waals surface area contributed by atoms with Crippen LogP contribution < -0.4 is 10.9 Å². The molecule has 3 aromatic rings. The van der Waals surface area contributed by atoms with Gasteiger partial charge in [0.15, 0.2) is 0 Å². The Balaban J connectivity index is 1.41. The van der Waals surface area contributed by atoms with Crippen LogP contribution in [0.2, 0.25) is 0 Å². The van der Waals surface area contributed by atoms with E-state index in [9.17, 15) is 14.4 Å². The van der Waals surface area contributed by atoms with Crippen molar-refractivity contribution < 1.29 is 19.1 Å². The molecule has 0 radical (unpaired) electrons. The summed E-state index contributed by atoms with van der Waals surface area (Å²) in [7, 11) is 1.29. The lowest BCUT2D eigenvalue weighted by molar-refractivity contribution is -0.120. The summed E-state index contributed by atoms with van der Waals surface area (Å²) in [4.78, 5) is 48.5. The number of aromatic nitrogens is 3. The molecule has 1 N–H and O–H groups in total. The topological polar surface area (TPSA) is 112 Å². The van der Waals surface area contributed by atoms with Crippen LogP contribution in [-0.2, 0) is 14.3 Å². The molecule has 9 nitrogen and oxygen atoms in total. The average Bonchev–Trinajstić information content (AvgIpc) is 3.62. The predicted molar refractivity (Wildman–Crippen MR) is 141 cm³/mol. The number of rotatable bonds is 8. The number of thioether (sulfide) groups is 1. The third kappa shape index (κ3) is 5.86. The van der Waals surface area contributed by atoms with Gasteiger partial charge in [0.05, 0.1) is 36.0 Å². The molecular formula is C27H30N4O5S. The van der Waals surface area contributed by atoms with Crippen LogP contribution in [0.5, 0.6) is 0 Å². The maximum Gasteiger partial charge on any atom is 0.339 e. The van der Waals surface area contributed by atoms with Crippen LogP contribution >= 0.6 is 11.8 Å². The van der Waals surface area contributed by atoms with E-state index in [1.807, 2.05) is 30.0 Å². The first kappa shape index (κ1) is 25.4. The van der Waals surface area contributed by atoms with Crippen molar-refractivity contribution in [3.8, 4) is 0 Å². The van der Waals surface area contributed by atoms with Gasteiger partial charge in [0.2, 0.25) is 5.91 Å². The quantitative estimate of drug-likeness (QED) is 0.434. The number of hydrogen-bond acceptors (Lipinski definition) is 8. The van der Waals surface area contributed by atoms with E-state index in [0.29, 0.717) is 29.2 Å². The van der Waals surface area contributed by atoms with Crippen LogP contribution in [-0.4, -0.2) is 51.5 Å². The van der Waals surface area contributed by atoms with Crippen LogP contribution in [0, 0.1) is 0 Å².